The van der Waals surface area contributed by atoms with Crippen LogP contribution in [-0.2, 0) is 0 Å². The minimum atomic E-state index is -0.00973. The van der Waals surface area contributed by atoms with Crippen molar-refractivity contribution in [1.29, 1.82) is 0 Å². The standard InChI is InChI=1S/C14H18N8O/c1-8(2)23-13-12(9-3-17-18-4-9)16-7-11-20-14(21-22(11)13)19-10-5-15-6-10/h3-4,7-8,10,15H,5-6H2,1-2H3,(H,17,18)(H,19,21). The molecule has 4 rings (SSSR count). The lowest BCUT2D eigenvalue weighted by Gasteiger charge is -2.27. The average molecular weight is 314 g/mol. The smallest absolute Gasteiger partial charge is 0.244 e. The fourth-order valence-corrected chi connectivity index (χ4v) is 2.38. The number of rotatable bonds is 5. The van der Waals surface area contributed by atoms with Crippen molar-refractivity contribution in [1.82, 2.24) is 35.1 Å². The molecule has 0 aromatic carbocycles. The molecule has 0 amide bonds. The van der Waals surface area contributed by atoms with Crippen molar-refractivity contribution < 1.29 is 4.74 Å². The highest BCUT2D eigenvalue weighted by Gasteiger charge is 2.21. The van der Waals surface area contributed by atoms with Crippen molar-refractivity contribution >= 4 is 11.6 Å². The van der Waals surface area contributed by atoms with Gasteiger partial charge >= 0.3 is 0 Å². The van der Waals surface area contributed by atoms with Crippen LogP contribution in [0.15, 0.2) is 18.6 Å². The molecule has 0 bridgehead atoms. The second-order valence-electron chi connectivity index (χ2n) is 5.77. The van der Waals surface area contributed by atoms with Gasteiger partial charge in [-0.25, -0.2) is 4.98 Å². The maximum Gasteiger partial charge on any atom is 0.244 e. The Morgan fingerprint density at radius 2 is 2.22 bits per heavy atom. The summed E-state index contributed by atoms with van der Waals surface area (Å²) in [5, 5.41) is 17.8. The summed E-state index contributed by atoms with van der Waals surface area (Å²) in [7, 11) is 0. The van der Waals surface area contributed by atoms with Gasteiger partial charge in [0.25, 0.3) is 0 Å². The van der Waals surface area contributed by atoms with E-state index in [1.165, 1.54) is 0 Å². The van der Waals surface area contributed by atoms with E-state index in [1.54, 1.807) is 23.1 Å². The van der Waals surface area contributed by atoms with Crippen LogP contribution in [0.2, 0.25) is 0 Å². The molecular weight excluding hydrogens is 296 g/mol. The lowest BCUT2D eigenvalue weighted by molar-refractivity contribution is 0.227. The minimum Gasteiger partial charge on any atom is -0.473 e. The van der Waals surface area contributed by atoms with Crippen LogP contribution < -0.4 is 15.4 Å². The first kappa shape index (κ1) is 13.9. The average Bonchev–Trinajstić information content (AvgIpc) is 3.11. The summed E-state index contributed by atoms with van der Waals surface area (Å²) in [6.45, 7) is 5.77. The topological polar surface area (TPSA) is 105 Å². The molecule has 3 N–H and O–H groups in total. The van der Waals surface area contributed by atoms with Crippen LogP contribution in [0.3, 0.4) is 0 Å². The van der Waals surface area contributed by atoms with Crippen LogP contribution >= 0.6 is 0 Å². The Morgan fingerprint density at radius 3 is 2.87 bits per heavy atom. The molecule has 3 aromatic heterocycles. The number of nitrogens with zero attached hydrogens (tertiary/aromatic N) is 5. The first-order chi connectivity index (χ1) is 11.2. The van der Waals surface area contributed by atoms with Gasteiger partial charge in [0.2, 0.25) is 11.8 Å². The zero-order chi connectivity index (χ0) is 15.8. The van der Waals surface area contributed by atoms with Crippen LogP contribution in [0.5, 0.6) is 5.88 Å². The number of aromatic amines is 1. The van der Waals surface area contributed by atoms with Gasteiger partial charge in [-0.15, -0.1) is 5.10 Å². The Kier molecular flexibility index (Phi) is 3.34. The predicted molar refractivity (Wildman–Crippen MR) is 84.4 cm³/mol. The number of nitrogens with one attached hydrogen (secondary N) is 3. The normalized spacial score (nSPS) is 15.1. The van der Waals surface area contributed by atoms with E-state index in [9.17, 15) is 0 Å². The fourth-order valence-electron chi connectivity index (χ4n) is 2.38. The third kappa shape index (κ3) is 2.59. The van der Waals surface area contributed by atoms with Crippen molar-refractivity contribution in [2.45, 2.75) is 26.0 Å². The highest BCUT2D eigenvalue weighted by atomic mass is 16.5. The summed E-state index contributed by atoms with van der Waals surface area (Å²) in [4.78, 5) is 8.95. The number of anilines is 1. The van der Waals surface area contributed by atoms with Crippen LogP contribution in [0.1, 0.15) is 13.8 Å². The molecule has 0 saturated carbocycles. The van der Waals surface area contributed by atoms with E-state index in [1.807, 2.05) is 13.8 Å². The van der Waals surface area contributed by atoms with Gasteiger partial charge in [-0.2, -0.15) is 14.6 Å². The first-order valence-electron chi connectivity index (χ1n) is 7.59. The number of hydrogen-bond acceptors (Lipinski definition) is 7. The maximum atomic E-state index is 5.96. The molecular formula is C14H18N8O. The van der Waals surface area contributed by atoms with Crippen molar-refractivity contribution in [2.24, 2.45) is 0 Å². The van der Waals surface area contributed by atoms with E-state index in [2.05, 4.69) is 35.9 Å². The first-order valence-corrected chi connectivity index (χ1v) is 7.59. The Hall–Kier alpha value is -2.68. The van der Waals surface area contributed by atoms with Crippen molar-refractivity contribution in [3.05, 3.63) is 18.6 Å². The van der Waals surface area contributed by atoms with Crippen LogP contribution in [0.4, 0.5) is 5.95 Å². The number of H-pyrrole nitrogens is 1. The number of hydrogen-bond donors (Lipinski definition) is 3. The molecule has 1 saturated heterocycles. The molecule has 1 fully saturated rings. The van der Waals surface area contributed by atoms with Crippen molar-refractivity contribution in [3.8, 4) is 17.1 Å². The molecule has 3 aromatic rings. The number of aromatic nitrogens is 6. The van der Waals surface area contributed by atoms with Gasteiger partial charge in [-0.3, -0.25) is 5.10 Å². The summed E-state index contributed by atoms with van der Waals surface area (Å²) in [6, 6.07) is 0.364. The quantitative estimate of drug-likeness (QED) is 0.636. The molecule has 9 nitrogen and oxygen atoms in total. The van der Waals surface area contributed by atoms with Gasteiger partial charge in [0, 0.05) is 24.8 Å². The van der Waals surface area contributed by atoms with Gasteiger partial charge in [0.1, 0.15) is 5.69 Å². The lowest BCUT2D eigenvalue weighted by atomic mass is 10.2. The minimum absolute atomic E-state index is 0.00973. The second-order valence-corrected chi connectivity index (χ2v) is 5.77. The van der Waals surface area contributed by atoms with Crippen molar-refractivity contribution in [2.75, 3.05) is 18.4 Å². The van der Waals surface area contributed by atoms with Crippen LogP contribution in [0, 0.1) is 0 Å². The fraction of sp³-hybridized carbons (Fsp3) is 0.429. The van der Waals surface area contributed by atoms with Gasteiger partial charge in [-0.05, 0) is 13.8 Å². The lowest BCUT2D eigenvalue weighted by Crippen LogP contribution is -2.51. The van der Waals surface area contributed by atoms with E-state index < -0.39 is 0 Å². The van der Waals surface area contributed by atoms with Crippen molar-refractivity contribution in [3.63, 3.8) is 0 Å². The largest absolute Gasteiger partial charge is 0.473 e. The molecule has 4 heterocycles. The zero-order valence-electron chi connectivity index (χ0n) is 12.9. The molecule has 0 radical (unpaired) electrons. The third-order valence-corrected chi connectivity index (χ3v) is 3.57. The Balaban J connectivity index is 1.79. The zero-order valence-corrected chi connectivity index (χ0v) is 12.9. The highest BCUT2D eigenvalue weighted by Crippen LogP contribution is 2.28. The third-order valence-electron chi connectivity index (χ3n) is 3.57. The number of fused-ring (bicyclic) bond motifs is 1. The van der Waals surface area contributed by atoms with Crippen LogP contribution in [0.25, 0.3) is 16.9 Å². The van der Waals surface area contributed by atoms with Gasteiger partial charge in [-0.1, -0.05) is 0 Å². The van der Waals surface area contributed by atoms with E-state index in [0.717, 1.165) is 18.7 Å². The van der Waals surface area contributed by atoms with Gasteiger partial charge in [0.05, 0.1) is 24.5 Å². The summed E-state index contributed by atoms with van der Waals surface area (Å²) in [6.07, 6.45) is 5.16. The molecule has 1 aliphatic rings. The maximum absolute atomic E-state index is 5.96. The summed E-state index contributed by atoms with van der Waals surface area (Å²) in [5.74, 6) is 1.14. The van der Waals surface area contributed by atoms with E-state index in [4.69, 9.17) is 4.74 Å². The predicted octanol–water partition coefficient (Wildman–Crippen LogP) is 0.685. The SMILES string of the molecule is CC(C)Oc1c(-c2cn[nH]c2)ncc2nc(NC3CNC3)nn12. The highest BCUT2D eigenvalue weighted by molar-refractivity contribution is 5.65. The summed E-state index contributed by atoms with van der Waals surface area (Å²) >= 11 is 0. The van der Waals surface area contributed by atoms with E-state index >= 15 is 0 Å². The molecule has 0 unspecified atom stereocenters. The van der Waals surface area contributed by atoms with Gasteiger partial charge in [0.15, 0.2) is 5.65 Å². The summed E-state index contributed by atoms with van der Waals surface area (Å²) < 4.78 is 7.64. The molecule has 120 valence electrons. The summed E-state index contributed by atoms with van der Waals surface area (Å²) in [5.41, 5.74) is 2.17. The molecule has 9 heteroatoms. The molecule has 0 aliphatic carbocycles. The second kappa shape index (κ2) is 5.51. The molecule has 0 atom stereocenters. The van der Waals surface area contributed by atoms with Gasteiger partial charge < -0.3 is 15.4 Å². The van der Waals surface area contributed by atoms with E-state index in [-0.39, 0.29) is 6.10 Å². The number of ether oxygens (including phenoxy) is 1. The molecule has 0 spiro atoms. The van der Waals surface area contributed by atoms with E-state index in [0.29, 0.717) is 29.2 Å². The molecule has 23 heavy (non-hydrogen) atoms. The Labute approximate surface area is 132 Å². The Morgan fingerprint density at radius 1 is 1.35 bits per heavy atom. The molecule has 1 aliphatic heterocycles. The van der Waals surface area contributed by atoms with Crippen LogP contribution in [-0.4, -0.2) is 55.0 Å². The monoisotopic (exact) mass is 314 g/mol. The Bertz CT molecular complexity index is 806.